The molecule has 2 heterocycles. The predicted molar refractivity (Wildman–Crippen MR) is 144 cm³/mol. The van der Waals surface area contributed by atoms with Crippen molar-refractivity contribution in [2.24, 2.45) is 5.10 Å². The first kappa shape index (κ1) is 24.5. The van der Waals surface area contributed by atoms with Crippen LogP contribution in [0.25, 0.3) is 0 Å². The molecular formula is C30H33ClN2O3. The molecule has 6 heteroatoms. The van der Waals surface area contributed by atoms with Crippen molar-refractivity contribution in [3.63, 3.8) is 0 Å². The number of halogens is 1. The number of benzene rings is 3. The van der Waals surface area contributed by atoms with Crippen molar-refractivity contribution < 1.29 is 14.2 Å². The summed E-state index contributed by atoms with van der Waals surface area (Å²) in [5.41, 5.74) is 4.20. The SMILES string of the molecule is CCCCCCCOc1ccc([C@H]2Oc3ccc(Cl)cc3[C@H]3CC(c4ccc(OC)cc4)=NN32)cc1. The standard InChI is InChI=1S/C30H33ClN2O3/c1-3-4-5-6-7-18-35-25-15-10-22(11-16-25)30-33-28(26-19-23(31)12-17-29(26)36-30)20-27(32-33)21-8-13-24(34-2)14-9-21/h8-17,19,28,30H,3-7,18,20H2,1-2H3/t28-,30-/m1/s1. The Hall–Kier alpha value is -3.18. The quantitative estimate of drug-likeness (QED) is 0.263. The molecule has 0 bridgehead atoms. The van der Waals surface area contributed by atoms with Gasteiger partial charge < -0.3 is 14.2 Å². The van der Waals surface area contributed by atoms with Crippen LogP contribution < -0.4 is 14.2 Å². The number of rotatable bonds is 10. The molecule has 0 saturated carbocycles. The number of unbranched alkanes of at least 4 members (excludes halogenated alkanes) is 4. The van der Waals surface area contributed by atoms with Gasteiger partial charge in [0.2, 0.25) is 6.23 Å². The van der Waals surface area contributed by atoms with Crippen LogP contribution in [-0.4, -0.2) is 24.4 Å². The van der Waals surface area contributed by atoms with Gasteiger partial charge in [-0.3, -0.25) is 0 Å². The molecule has 0 aliphatic carbocycles. The zero-order valence-corrected chi connectivity index (χ0v) is 21.7. The zero-order valence-electron chi connectivity index (χ0n) is 21.0. The van der Waals surface area contributed by atoms with Gasteiger partial charge in [0.05, 0.1) is 25.5 Å². The van der Waals surface area contributed by atoms with E-state index in [0.717, 1.165) is 59.1 Å². The van der Waals surface area contributed by atoms with Crippen molar-refractivity contribution in [1.82, 2.24) is 5.01 Å². The van der Waals surface area contributed by atoms with Crippen LogP contribution in [-0.2, 0) is 0 Å². The summed E-state index contributed by atoms with van der Waals surface area (Å²) in [5.74, 6) is 2.57. The van der Waals surface area contributed by atoms with Gasteiger partial charge in [-0.25, -0.2) is 5.01 Å². The summed E-state index contributed by atoms with van der Waals surface area (Å²) in [6.45, 7) is 2.98. The van der Waals surface area contributed by atoms with E-state index in [9.17, 15) is 0 Å². The highest BCUT2D eigenvalue weighted by Gasteiger charge is 2.41. The average molecular weight is 505 g/mol. The molecule has 0 N–H and O–H groups in total. The first-order chi connectivity index (χ1) is 17.7. The summed E-state index contributed by atoms with van der Waals surface area (Å²) >= 11 is 6.36. The summed E-state index contributed by atoms with van der Waals surface area (Å²) in [6, 6.07) is 22.1. The lowest BCUT2D eigenvalue weighted by Gasteiger charge is -2.38. The number of fused-ring (bicyclic) bond motifs is 3. The topological polar surface area (TPSA) is 43.3 Å². The third kappa shape index (κ3) is 5.31. The molecular weight excluding hydrogens is 472 g/mol. The van der Waals surface area contributed by atoms with Crippen molar-refractivity contribution in [3.05, 3.63) is 88.4 Å². The Bertz CT molecular complexity index is 1190. The fourth-order valence-corrected chi connectivity index (χ4v) is 5.04. The van der Waals surface area contributed by atoms with Crippen LogP contribution in [0.1, 0.15) is 74.4 Å². The van der Waals surface area contributed by atoms with E-state index in [1.807, 2.05) is 42.5 Å². The Morgan fingerprint density at radius 1 is 0.944 bits per heavy atom. The highest BCUT2D eigenvalue weighted by Crippen LogP contribution is 2.48. The third-order valence-electron chi connectivity index (χ3n) is 6.86. The van der Waals surface area contributed by atoms with E-state index in [-0.39, 0.29) is 12.3 Å². The highest BCUT2D eigenvalue weighted by molar-refractivity contribution is 6.30. The maximum Gasteiger partial charge on any atom is 0.213 e. The van der Waals surface area contributed by atoms with Crippen LogP contribution in [0, 0.1) is 0 Å². The van der Waals surface area contributed by atoms with Crippen molar-refractivity contribution in [2.45, 2.75) is 57.7 Å². The Morgan fingerprint density at radius 2 is 1.69 bits per heavy atom. The molecule has 0 spiro atoms. The number of methoxy groups -OCH3 is 1. The Balaban J connectivity index is 1.36. The van der Waals surface area contributed by atoms with E-state index in [4.69, 9.17) is 30.9 Å². The van der Waals surface area contributed by atoms with Crippen LogP contribution in [0.5, 0.6) is 17.2 Å². The van der Waals surface area contributed by atoms with E-state index in [1.165, 1.54) is 25.7 Å². The van der Waals surface area contributed by atoms with Crippen LogP contribution in [0.2, 0.25) is 5.02 Å². The molecule has 3 aromatic carbocycles. The van der Waals surface area contributed by atoms with Gasteiger partial charge in [0, 0.05) is 22.6 Å². The summed E-state index contributed by atoms with van der Waals surface area (Å²) in [6.07, 6.45) is 6.58. The number of nitrogens with zero attached hydrogens (tertiary/aromatic N) is 2. The minimum absolute atomic E-state index is 0.0496. The smallest absolute Gasteiger partial charge is 0.213 e. The van der Waals surface area contributed by atoms with Crippen molar-refractivity contribution in [1.29, 1.82) is 0 Å². The second kappa shape index (κ2) is 11.3. The van der Waals surface area contributed by atoms with Crippen molar-refractivity contribution in [2.75, 3.05) is 13.7 Å². The minimum atomic E-state index is -0.331. The largest absolute Gasteiger partial charge is 0.497 e. The Morgan fingerprint density at radius 3 is 2.44 bits per heavy atom. The van der Waals surface area contributed by atoms with E-state index < -0.39 is 0 Å². The summed E-state index contributed by atoms with van der Waals surface area (Å²) in [5, 5.41) is 7.81. The molecule has 2 aliphatic rings. The zero-order chi connectivity index (χ0) is 24.9. The lowest BCUT2D eigenvalue weighted by molar-refractivity contribution is -0.0190. The normalized spacial score (nSPS) is 18.2. The number of ether oxygens (including phenoxy) is 3. The lowest BCUT2D eigenvalue weighted by Crippen LogP contribution is -2.33. The maximum absolute atomic E-state index is 6.48. The van der Waals surface area contributed by atoms with E-state index in [0.29, 0.717) is 5.02 Å². The molecule has 0 saturated heterocycles. The highest BCUT2D eigenvalue weighted by atomic mass is 35.5. The number of hydrazone groups is 1. The van der Waals surface area contributed by atoms with Gasteiger partial charge in [-0.2, -0.15) is 5.10 Å². The molecule has 188 valence electrons. The van der Waals surface area contributed by atoms with Gasteiger partial charge in [-0.1, -0.05) is 44.2 Å². The number of hydrogen-bond acceptors (Lipinski definition) is 5. The van der Waals surface area contributed by atoms with E-state index in [2.05, 4.69) is 36.2 Å². The van der Waals surface area contributed by atoms with Gasteiger partial charge in [0.15, 0.2) is 0 Å². The average Bonchev–Trinajstić information content (AvgIpc) is 3.37. The van der Waals surface area contributed by atoms with Crippen molar-refractivity contribution in [3.8, 4) is 17.2 Å². The molecule has 5 nitrogen and oxygen atoms in total. The fraction of sp³-hybridized carbons (Fsp3) is 0.367. The second-order valence-electron chi connectivity index (χ2n) is 9.36. The monoisotopic (exact) mass is 504 g/mol. The Labute approximate surface area is 218 Å². The second-order valence-corrected chi connectivity index (χ2v) is 9.80. The maximum atomic E-state index is 6.48. The van der Waals surface area contributed by atoms with Gasteiger partial charge >= 0.3 is 0 Å². The molecule has 0 unspecified atom stereocenters. The third-order valence-corrected chi connectivity index (χ3v) is 7.09. The molecule has 3 aromatic rings. The van der Waals surface area contributed by atoms with E-state index >= 15 is 0 Å². The van der Waals surface area contributed by atoms with Gasteiger partial charge in [-0.15, -0.1) is 0 Å². The first-order valence-electron chi connectivity index (χ1n) is 12.9. The van der Waals surface area contributed by atoms with Crippen LogP contribution >= 0.6 is 11.6 Å². The number of hydrogen-bond donors (Lipinski definition) is 0. The molecule has 0 radical (unpaired) electrons. The fourth-order valence-electron chi connectivity index (χ4n) is 4.86. The van der Waals surface area contributed by atoms with Gasteiger partial charge in [0.25, 0.3) is 0 Å². The molecule has 0 aromatic heterocycles. The summed E-state index contributed by atoms with van der Waals surface area (Å²) in [4.78, 5) is 0. The molecule has 2 atom stereocenters. The predicted octanol–water partition coefficient (Wildman–Crippen LogP) is 7.94. The molecule has 0 amide bonds. The minimum Gasteiger partial charge on any atom is -0.497 e. The first-order valence-corrected chi connectivity index (χ1v) is 13.2. The van der Waals surface area contributed by atoms with E-state index in [1.54, 1.807) is 7.11 Å². The van der Waals surface area contributed by atoms with Crippen LogP contribution in [0.4, 0.5) is 0 Å². The van der Waals surface area contributed by atoms with Gasteiger partial charge in [-0.05, 0) is 78.7 Å². The molecule has 5 rings (SSSR count). The molecule has 0 fully saturated rings. The lowest BCUT2D eigenvalue weighted by atomic mass is 9.96. The van der Waals surface area contributed by atoms with Crippen molar-refractivity contribution >= 4 is 17.3 Å². The van der Waals surface area contributed by atoms with Crippen LogP contribution in [0.15, 0.2) is 71.8 Å². The van der Waals surface area contributed by atoms with Crippen LogP contribution in [0.3, 0.4) is 0 Å². The van der Waals surface area contributed by atoms with Gasteiger partial charge in [0.1, 0.15) is 17.2 Å². The molecule has 2 aliphatic heterocycles. The Kier molecular flexibility index (Phi) is 7.66. The summed E-state index contributed by atoms with van der Waals surface area (Å²) < 4.78 is 17.8. The summed E-state index contributed by atoms with van der Waals surface area (Å²) in [7, 11) is 1.68. The molecule has 36 heavy (non-hydrogen) atoms.